The Morgan fingerprint density at radius 1 is 1.14 bits per heavy atom. The lowest BCUT2D eigenvalue weighted by Gasteiger charge is -2.50. The van der Waals surface area contributed by atoms with Gasteiger partial charge in [-0.1, -0.05) is 51.5 Å². The number of ketones is 2. The molecule has 1 aromatic rings. The number of aliphatic hydroxyl groups is 2. The molecule has 3 aliphatic rings. The average Bonchev–Trinajstić information content (AvgIpc) is 3.31. The Bertz CT molecular complexity index is 1320. The van der Waals surface area contributed by atoms with Crippen molar-refractivity contribution in [2.75, 3.05) is 11.9 Å². The number of fused-ring (bicyclic) bond motifs is 1. The molecular weight excluding hydrogens is 562 g/mol. The van der Waals surface area contributed by atoms with E-state index in [-0.39, 0.29) is 41.6 Å². The van der Waals surface area contributed by atoms with E-state index in [0.29, 0.717) is 31.4 Å². The minimum absolute atomic E-state index is 0.00397. The third-order valence-corrected chi connectivity index (χ3v) is 10.2. The second-order valence-corrected chi connectivity index (χ2v) is 13.3. The van der Waals surface area contributed by atoms with Crippen LogP contribution in [0.3, 0.4) is 0 Å². The quantitative estimate of drug-likeness (QED) is 0.266. The summed E-state index contributed by atoms with van der Waals surface area (Å²) in [6, 6.07) is 5.92. The zero-order chi connectivity index (χ0) is 32.4. The fourth-order valence-electron chi connectivity index (χ4n) is 7.31. The minimum atomic E-state index is -1.38. The van der Waals surface area contributed by atoms with E-state index in [1.807, 2.05) is 33.8 Å². The first-order valence-corrected chi connectivity index (χ1v) is 15.7. The van der Waals surface area contributed by atoms with E-state index in [1.54, 1.807) is 43.3 Å². The molecule has 3 aliphatic carbocycles. The molecule has 2 amide bonds. The van der Waals surface area contributed by atoms with Gasteiger partial charge in [-0.05, 0) is 80.2 Å². The molecule has 2 saturated carbocycles. The van der Waals surface area contributed by atoms with Crippen LogP contribution >= 0.6 is 0 Å². The van der Waals surface area contributed by atoms with Crippen LogP contribution in [0.4, 0.5) is 10.5 Å². The van der Waals surface area contributed by atoms with Gasteiger partial charge in [0.25, 0.3) is 0 Å². The summed E-state index contributed by atoms with van der Waals surface area (Å²) in [6.07, 6.45) is 5.80. The molecular formula is C34H47N3O7. The molecule has 0 heterocycles. The molecule has 0 aliphatic heterocycles. The number of benzene rings is 1. The van der Waals surface area contributed by atoms with Gasteiger partial charge in [0.15, 0.2) is 18.2 Å². The van der Waals surface area contributed by atoms with Crippen LogP contribution in [0.2, 0.25) is 0 Å². The van der Waals surface area contributed by atoms with Crippen molar-refractivity contribution < 1.29 is 34.1 Å². The van der Waals surface area contributed by atoms with Gasteiger partial charge in [0.2, 0.25) is 5.91 Å². The van der Waals surface area contributed by atoms with Gasteiger partial charge in [-0.2, -0.15) is 0 Å². The lowest BCUT2D eigenvalue weighted by atomic mass is 9.57. The van der Waals surface area contributed by atoms with Gasteiger partial charge in [-0.3, -0.25) is 14.4 Å². The molecule has 4 rings (SSSR count). The summed E-state index contributed by atoms with van der Waals surface area (Å²) < 4.78 is 5.26. The molecule has 1 aromatic carbocycles. The highest BCUT2D eigenvalue weighted by Crippen LogP contribution is 2.56. The monoisotopic (exact) mass is 609 g/mol. The smallest absolute Gasteiger partial charge is 0.408 e. The molecule has 240 valence electrons. The minimum Gasteiger partial charge on any atom is -0.442 e. The Hall–Kier alpha value is -3.34. The summed E-state index contributed by atoms with van der Waals surface area (Å²) >= 11 is 0. The van der Waals surface area contributed by atoms with Crippen molar-refractivity contribution in [3.05, 3.63) is 53.6 Å². The summed E-state index contributed by atoms with van der Waals surface area (Å²) in [5.74, 6) is -1.81. The number of aliphatic hydroxyl groups excluding tert-OH is 1. The fourth-order valence-corrected chi connectivity index (χ4v) is 7.31. The Kier molecular flexibility index (Phi) is 10.2. The summed E-state index contributed by atoms with van der Waals surface area (Å²) in [6.45, 7) is 9.06. The van der Waals surface area contributed by atoms with Crippen LogP contribution in [-0.2, 0) is 19.1 Å². The van der Waals surface area contributed by atoms with Crippen molar-refractivity contribution in [3.8, 4) is 0 Å². The van der Waals surface area contributed by atoms with Crippen LogP contribution in [0, 0.1) is 29.1 Å². The number of nitrogens with two attached hydrogens (primary N) is 1. The summed E-state index contributed by atoms with van der Waals surface area (Å²) in [5.41, 5.74) is 6.33. The third-order valence-electron chi connectivity index (χ3n) is 10.2. The molecule has 8 atom stereocenters. The molecule has 10 nitrogen and oxygen atoms in total. The van der Waals surface area contributed by atoms with Crippen LogP contribution in [0.25, 0.3) is 0 Å². The number of carbonyl (C=O) groups excluding carboxylic acids is 4. The highest BCUT2D eigenvalue weighted by molar-refractivity contribution is 6.01. The van der Waals surface area contributed by atoms with Gasteiger partial charge >= 0.3 is 6.09 Å². The fraction of sp³-hybridized carbons (Fsp3) is 0.588. The van der Waals surface area contributed by atoms with Gasteiger partial charge < -0.3 is 31.3 Å². The number of ether oxygens (including phenoxy) is 1. The van der Waals surface area contributed by atoms with Crippen molar-refractivity contribution in [3.63, 3.8) is 0 Å². The molecule has 0 bridgehead atoms. The Morgan fingerprint density at radius 3 is 2.45 bits per heavy atom. The number of hydrogen-bond acceptors (Lipinski definition) is 8. The van der Waals surface area contributed by atoms with E-state index in [4.69, 9.17) is 10.5 Å². The highest BCUT2D eigenvalue weighted by Gasteiger charge is 2.59. The predicted octanol–water partition coefficient (Wildman–Crippen LogP) is 3.97. The second kappa shape index (κ2) is 13.3. The predicted molar refractivity (Wildman–Crippen MR) is 166 cm³/mol. The van der Waals surface area contributed by atoms with Crippen LogP contribution in [-0.4, -0.2) is 58.1 Å². The Morgan fingerprint density at radius 2 is 1.82 bits per heavy atom. The lowest BCUT2D eigenvalue weighted by Crippen LogP contribution is -2.55. The lowest BCUT2D eigenvalue weighted by molar-refractivity contribution is -0.152. The number of alkyl carbamates (subject to hydrolysis) is 1. The van der Waals surface area contributed by atoms with Crippen molar-refractivity contribution in [1.82, 2.24) is 5.32 Å². The number of hydrogen-bond donors (Lipinski definition) is 5. The number of nitrogens with one attached hydrogen (secondary N) is 2. The topological polar surface area (TPSA) is 168 Å². The maximum Gasteiger partial charge on any atom is 0.408 e. The third kappa shape index (κ3) is 6.82. The zero-order valence-electron chi connectivity index (χ0n) is 26.3. The van der Waals surface area contributed by atoms with Crippen LogP contribution in [0.1, 0.15) is 78.3 Å². The van der Waals surface area contributed by atoms with Crippen molar-refractivity contribution >= 4 is 29.3 Å². The molecule has 0 radical (unpaired) electrons. The van der Waals surface area contributed by atoms with Crippen LogP contribution in [0.15, 0.2) is 48.1 Å². The zero-order valence-corrected chi connectivity index (χ0v) is 26.3. The largest absolute Gasteiger partial charge is 0.442 e. The molecule has 6 N–H and O–H groups in total. The van der Waals surface area contributed by atoms with Crippen molar-refractivity contribution in [2.24, 2.45) is 34.8 Å². The molecule has 10 heteroatoms. The van der Waals surface area contributed by atoms with Gasteiger partial charge in [-0.25, -0.2) is 4.79 Å². The Labute approximate surface area is 259 Å². The highest BCUT2D eigenvalue weighted by atomic mass is 16.6. The first-order chi connectivity index (χ1) is 20.7. The normalized spacial score (nSPS) is 31.1. The van der Waals surface area contributed by atoms with Gasteiger partial charge in [0.1, 0.15) is 0 Å². The van der Waals surface area contributed by atoms with Crippen molar-refractivity contribution in [1.29, 1.82) is 0 Å². The number of carbonyl (C=O) groups is 4. The molecule has 8 unspecified atom stereocenters. The van der Waals surface area contributed by atoms with E-state index in [1.165, 1.54) is 0 Å². The first-order valence-electron chi connectivity index (χ1n) is 15.7. The average molecular weight is 610 g/mol. The van der Waals surface area contributed by atoms with E-state index < -0.39 is 47.8 Å². The molecule has 2 fully saturated rings. The van der Waals surface area contributed by atoms with E-state index in [0.717, 1.165) is 11.1 Å². The Balaban J connectivity index is 1.30. The number of allylic oxidation sites excluding steroid dienone is 4. The number of rotatable bonds is 10. The van der Waals surface area contributed by atoms with E-state index in [2.05, 4.69) is 10.6 Å². The van der Waals surface area contributed by atoms with Gasteiger partial charge in [-0.15, -0.1) is 0 Å². The summed E-state index contributed by atoms with van der Waals surface area (Å²) in [7, 11) is 0. The molecule has 0 aromatic heterocycles. The van der Waals surface area contributed by atoms with Gasteiger partial charge in [0, 0.05) is 17.5 Å². The molecule has 0 spiro atoms. The number of Topliss-reactive ketones (excluding diaryl/α,β-unsaturated/α-hetero) is 1. The maximum absolute atomic E-state index is 13.2. The second-order valence-electron chi connectivity index (χ2n) is 13.3. The van der Waals surface area contributed by atoms with E-state index in [9.17, 15) is 29.4 Å². The molecule has 44 heavy (non-hydrogen) atoms. The maximum atomic E-state index is 13.2. The first kappa shape index (κ1) is 33.6. The SMILES string of the molecule is CCC1=CC(=O)C=CC1(C)C1CC2CCC(C(=O)COC(=O)NC(C)c3ccc(NC(=O)C(N)C(C)C)cc3)C2(O)CC1O. The number of anilines is 1. The van der Waals surface area contributed by atoms with Crippen LogP contribution < -0.4 is 16.4 Å². The summed E-state index contributed by atoms with van der Waals surface area (Å²) in [5, 5.41) is 28.5. The summed E-state index contributed by atoms with van der Waals surface area (Å²) in [4.78, 5) is 50.0. The van der Waals surface area contributed by atoms with Gasteiger partial charge in [0.05, 0.1) is 29.7 Å². The van der Waals surface area contributed by atoms with Crippen molar-refractivity contribution in [2.45, 2.75) is 90.5 Å². The van der Waals surface area contributed by atoms with E-state index >= 15 is 0 Å². The molecule has 0 saturated heterocycles. The van der Waals surface area contributed by atoms with Crippen LogP contribution in [0.5, 0.6) is 0 Å². The number of amides is 2. The standard InChI is InChI=1S/C34H47N3O7/c1-6-22-15-25(38)13-14-33(22,5)27-16-23-9-12-26(34(23,43)17-28(27)39)29(40)18-44-32(42)36-20(4)21-7-10-24(11-8-21)37-31(41)30(35)19(2)3/h7-8,10-11,13-15,19-20,23,26-28,30,39,43H,6,9,12,16-18,35H2,1-5H3,(H,36,42)(H,37,41).